The molecule has 0 aliphatic rings. The van der Waals surface area contributed by atoms with Gasteiger partial charge in [-0.15, -0.1) is 0 Å². The number of aliphatic carboxylic acids is 1. The van der Waals surface area contributed by atoms with Crippen molar-refractivity contribution in [2.45, 2.75) is 25.3 Å². The quantitative estimate of drug-likeness (QED) is 0.421. The van der Waals surface area contributed by atoms with Crippen molar-refractivity contribution < 1.29 is 14.7 Å². The molecule has 0 aliphatic heterocycles. The minimum Gasteiger partial charge on any atom is -0.481 e. The maximum absolute atomic E-state index is 12.7. The molecule has 0 fully saturated rings. The maximum Gasteiger partial charge on any atom is 0.331 e. The topological polar surface area (TPSA) is 69.6 Å². The van der Waals surface area contributed by atoms with Crippen molar-refractivity contribution in [3.8, 4) is 11.1 Å². The minimum absolute atomic E-state index is 0.0341. The number of carbonyl (C=O) groups excluding carboxylic acids is 1. The van der Waals surface area contributed by atoms with Gasteiger partial charge in [-0.1, -0.05) is 85.6 Å². The summed E-state index contributed by atoms with van der Waals surface area (Å²) in [6, 6.07) is 26.5. The number of thiol groups is 1. The van der Waals surface area contributed by atoms with E-state index in [9.17, 15) is 9.59 Å². The molecule has 0 aromatic heterocycles. The van der Waals surface area contributed by atoms with Crippen molar-refractivity contribution in [3.63, 3.8) is 0 Å². The molecule has 0 bridgehead atoms. The second-order valence-corrected chi connectivity index (χ2v) is 7.42. The highest BCUT2D eigenvalue weighted by molar-refractivity contribution is 7.78. The summed E-state index contributed by atoms with van der Waals surface area (Å²) >= 11 is 4.39. The first-order chi connectivity index (χ1) is 14.5. The van der Waals surface area contributed by atoms with Gasteiger partial charge in [0, 0.05) is 18.2 Å². The number of urea groups is 1. The third-order valence-electron chi connectivity index (χ3n) is 4.80. The highest BCUT2D eigenvalue weighted by Gasteiger charge is 2.22. The first kappa shape index (κ1) is 21.5. The van der Waals surface area contributed by atoms with E-state index in [1.807, 2.05) is 84.9 Å². The molecular weight excluding hydrogens is 396 g/mol. The van der Waals surface area contributed by atoms with Crippen molar-refractivity contribution in [1.82, 2.24) is 4.31 Å². The largest absolute Gasteiger partial charge is 0.481 e. The summed E-state index contributed by atoms with van der Waals surface area (Å²) < 4.78 is 1.29. The zero-order valence-corrected chi connectivity index (χ0v) is 17.3. The number of hydrogen-bond donors (Lipinski definition) is 3. The molecule has 3 rings (SSSR count). The number of hydrogen-bond acceptors (Lipinski definition) is 3. The molecule has 30 heavy (non-hydrogen) atoms. The molecule has 1 atom stereocenters. The fourth-order valence-corrected chi connectivity index (χ4v) is 3.46. The summed E-state index contributed by atoms with van der Waals surface area (Å²) in [5.41, 5.74) is 3.82. The molecule has 0 spiro atoms. The normalized spacial score (nSPS) is 11.5. The number of amides is 2. The standard InChI is InChI=1S/C24H24N2O3S/c27-23(28)16-15-22(17-18-7-3-1-4-8-18)26(30)24(29)25-21-13-11-20(12-14-21)19-9-5-2-6-10-19/h1-14,22,30H,15-17H2,(H,25,29)(H,27,28). The Morgan fingerprint density at radius 1 is 0.867 bits per heavy atom. The molecule has 1 unspecified atom stereocenters. The first-order valence-electron chi connectivity index (χ1n) is 9.73. The number of carboxylic acid groups (broad SMARTS) is 1. The van der Waals surface area contributed by atoms with E-state index in [0.717, 1.165) is 16.7 Å². The number of nitrogens with zero attached hydrogens (tertiary/aromatic N) is 1. The van der Waals surface area contributed by atoms with Crippen LogP contribution in [-0.2, 0) is 11.2 Å². The molecule has 154 valence electrons. The second kappa shape index (κ2) is 10.5. The predicted octanol–water partition coefficient (Wildman–Crippen LogP) is 5.51. The summed E-state index contributed by atoms with van der Waals surface area (Å²) in [5, 5.41) is 11.9. The van der Waals surface area contributed by atoms with Crippen LogP contribution in [-0.4, -0.2) is 27.5 Å². The van der Waals surface area contributed by atoms with Gasteiger partial charge in [0.15, 0.2) is 0 Å². The zero-order valence-electron chi connectivity index (χ0n) is 16.4. The molecule has 0 aliphatic carbocycles. The SMILES string of the molecule is O=C(O)CCC(Cc1ccccc1)N(S)C(=O)Nc1ccc(-c2ccccc2)cc1. The van der Waals surface area contributed by atoms with Crippen LogP contribution in [0.1, 0.15) is 18.4 Å². The van der Waals surface area contributed by atoms with Gasteiger partial charge < -0.3 is 10.4 Å². The summed E-state index contributed by atoms with van der Waals surface area (Å²) in [6.45, 7) is 0. The van der Waals surface area contributed by atoms with Crippen LogP contribution in [0.5, 0.6) is 0 Å². The maximum atomic E-state index is 12.7. The predicted molar refractivity (Wildman–Crippen MR) is 123 cm³/mol. The summed E-state index contributed by atoms with van der Waals surface area (Å²) in [6.07, 6.45) is 0.805. The third kappa shape index (κ3) is 6.12. The van der Waals surface area contributed by atoms with Crippen molar-refractivity contribution in [1.29, 1.82) is 0 Å². The lowest BCUT2D eigenvalue weighted by atomic mass is 10.0. The van der Waals surface area contributed by atoms with Crippen LogP contribution < -0.4 is 5.32 Å². The van der Waals surface area contributed by atoms with Gasteiger partial charge in [-0.2, -0.15) is 0 Å². The molecule has 0 radical (unpaired) electrons. The van der Waals surface area contributed by atoms with Crippen LogP contribution in [0.2, 0.25) is 0 Å². The van der Waals surface area contributed by atoms with Gasteiger partial charge >= 0.3 is 12.0 Å². The summed E-state index contributed by atoms with van der Waals surface area (Å²) in [7, 11) is 0. The number of carbonyl (C=O) groups is 2. The van der Waals surface area contributed by atoms with E-state index in [0.29, 0.717) is 18.5 Å². The fourth-order valence-electron chi connectivity index (χ4n) is 3.21. The minimum atomic E-state index is -0.897. The molecule has 0 saturated carbocycles. The van der Waals surface area contributed by atoms with Crippen LogP contribution in [0, 0.1) is 0 Å². The van der Waals surface area contributed by atoms with E-state index >= 15 is 0 Å². The van der Waals surface area contributed by atoms with Gasteiger partial charge in [-0.05, 0) is 41.7 Å². The lowest BCUT2D eigenvalue weighted by Crippen LogP contribution is -2.38. The van der Waals surface area contributed by atoms with Gasteiger partial charge in [-0.25, -0.2) is 4.79 Å². The smallest absolute Gasteiger partial charge is 0.331 e. The fraction of sp³-hybridized carbons (Fsp3) is 0.167. The van der Waals surface area contributed by atoms with E-state index in [4.69, 9.17) is 5.11 Å². The highest BCUT2D eigenvalue weighted by atomic mass is 32.1. The molecule has 3 aromatic carbocycles. The molecule has 0 saturated heterocycles. The number of nitrogens with one attached hydrogen (secondary N) is 1. The van der Waals surface area contributed by atoms with Crippen molar-refractivity contribution in [3.05, 3.63) is 90.5 Å². The number of benzene rings is 3. The van der Waals surface area contributed by atoms with Crippen LogP contribution in [0.4, 0.5) is 10.5 Å². The Balaban J connectivity index is 1.67. The zero-order chi connectivity index (χ0) is 21.3. The van der Waals surface area contributed by atoms with Crippen LogP contribution in [0.25, 0.3) is 11.1 Å². The second-order valence-electron chi connectivity index (χ2n) is 6.99. The highest BCUT2D eigenvalue weighted by Crippen LogP contribution is 2.22. The average Bonchev–Trinajstić information content (AvgIpc) is 2.78. The molecule has 6 heteroatoms. The Hall–Kier alpha value is -3.25. The van der Waals surface area contributed by atoms with Gasteiger partial charge in [0.05, 0.1) is 0 Å². The van der Waals surface area contributed by atoms with Crippen LogP contribution >= 0.6 is 12.8 Å². The monoisotopic (exact) mass is 420 g/mol. The molecule has 3 aromatic rings. The van der Waals surface area contributed by atoms with E-state index in [1.54, 1.807) is 0 Å². The Labute approximate surface area is 181 Å². The van der Waals surface area contributed by atoms with Crippen molar-refractivity contribution in [2.75, 3.05) is 5.32 Å². The van der Waals surface area contributed by atoms with Crippen LogP contribution in [0.15, 0.2) is 84.9 Å². The van der Waals surface area contributed by atoms with Crippen molar-refractivity contribution in [2.24, 2.45) is 0 Å². The van der Waals surface area contributed by atoms with Crippen LogP contribution in [0.3, 0.4) is 0 Å². The average molecular weight is 421 g/mol. The first-order valence-corrected chi connectivity index (χ1v) is 10.1. The Kier molecular flexibility index (Phi) is 7.51. The lowest BCUT2D eigenvalue weighted by molar-refractivity contribution is -0.137. The molecule has 2 amide bonds. The van der Waals surface area contributed by atoms with E-state index in [-0.39, 0.29) is 12.5 Å². The van der Waals surface area contributed by atoms with Gasteiger partial charge in [-0.3, -0.25) is 9.10 Å². The van der Waals surface area contributed by atoms with Gasteiger partial charge in [0.1, 0.15) is 0 Å². The van der Waals surface area contributed by atoms with E-state index in [2.05, 4.69) is 18.1 Å². The number of carboxylic acids is 1. The van der Waals surface area contributed by atoms with Crippen molar-refractivity contribution >= 4 is 30.5 Å². The summed E-state index contributed by atoms with van der Waals surface area (Å²) in [5.74, 6) is -0.897. The summed E-state index contributed by atoms with van der Waals surface area (Å²) in [4.78, 5) is 23.8. The molecule has 2 N–H and O–H groups in total. The molecule has 0 heterocycles. The third-order valence-corrected chi connectivity index (χ3v) is 5.31. The lowest BCUT2D eigenvalue weighted by Gasteiger charge is -2.27. The van der Waals surface area contributed by atoms with Gasteiger partial charge in [0.2, 0.25) is 0 Å². The Bertz CT molecular complexity index is 963. The number of anilines is 1. The van der Waals surface area contributed by atoms with E-state index in [1.165, 1.54) is 4.31 Å². The molecule has 5 nitrogen and oxygen atoms in total. The van der Waals surface area contributed by atoms with Gasteiger partial charge in [0.25, 0.3) is 0 Å². The number of rotatable bonds is 8. The molecular formula is C24H24N2O3S. The Morgan fingerprint density at radius 2 is 1.43 bits per heavy atom. The van der Waals surface area contributed by atoms with E-state index < -0.39 is 12.0 Å². The Morgan fingerprint density at radius 3 is 2.03 bits per heavy atom.